The molecule has 0 spiro atoms. The molecule has 0 unspecified atom stereocenters. The number of aromatic amines is 1. The monoisotopic (exact) mass is 222 g/mol. The SMILES string of the molecule is O=c1[nH]c(-c2ccc(Cl)cc2)ncc1O. The van der Waals surface area contributed by atoms with E-state index in [1.54, 1.807) is 24.3 Å². The summed E-state index contributed by atoms with van der Waals surface area (Å²) in [6.07, 6.45) is 1.11. The third-order valence-corrected chi connectivity index (χ3v) is 2.15. The maximum atomic E-state index is 11.1. The van der Waals surface area contributed by atoms with Crippen molar-refractivity contribution in [2.75, 3.05) is 0 Å². The van der Waals surface area contributed by atoms with E-state index >= 15 is 0 Å². The van der Waals surface area contributed by atoms with Crippen LogP contribution >= 0.6 is 11.6 Å². The van der Waals surface area contributed by atoms with Crippen LogP contribution in [0.4, 0.5) is 0 Å². The van der Waals surface area contributed by atoms with Gasteiger partial charge in [0.25, 0.3) is 5.56 Å². The summed E-state index contributed by atoms with van der Waals surface area (Å²) in [6.45, 7) is 0. The number of hydrogen-bond acceptors (Lipinski definition) is 3. The van der Waals surface area contributed by atoms with Crippen LogP contribution in [0.15, 0.2) is 35.3 Å². The minimum Gasteiger partial charge on any atom is -0.502 e. The number of benzene rings is 1. The molecule has 15 heavy (non-hydrogen) atoms. The van der Waals surface area contributed by atoms with Gasteiger partial charge in [-0.2, -0.15) is 0 Å². The van der Waals surface area contributed by atoms with Crippen LogP contribution in [0.3, 0.4) is 0 Å². The van der Waals surface area contributed by atoms with Crippen LogP contribution in [0.1, 0.15) is 0 Å². The topological polar surface area (TPSA) is 66.0 Å². The molecule has 0 aliphatic rings. The first-order valence-corrected chi connectivity index (χ1v) is 4.59. The predicted octanol–water partition coefficient (Wildman–Crippen LogP) is 1.80. The third kappa shape index (κ3) is 1.99. The lowest BCUT2D eigenvalue weighted by Crippen LogP contribution is -2.07. The Kier molecular flexibility index (Phi) is 2.43. The van der Waals surface area contributed by atoms with Crippen molar-refractivity contribution in [3.8, 4) is 17.1 Å². The van der Waals surface area contributed by atoms with Gasteiger partial charge in [-0.25, -0.2) is 4.98 Å². The minimum atomic E-state index is -0.560. The second-order valence-electron chi connectivity index (χ2n) is 2.95. The van der Waals surface area contributed by atoms with Crippen LogP contribution in [-0.4, -0.2) is 15.1 Å². The first-order valence-electron chi connectivity index (χ1n) is 4.21. The van der Waals surface area contributed by atoms with Gasteiger partial charge in [-0.05, 0) is 24.3 Å². The molecule has 0 atom stereocenters. The number of halogens is 1. The highest BCUT2D eigenvalue weighted by atomic mass is 35.5. The van der Waals surface area contributed by atoms with Crippen LogP contribution in [0.25, 0.3) is 11.4 Å². The molecule has 4 nitrogen and oxygen atoms in total. The van der Waals surface area contributed by atoms with Crippen molar-refractivity contribution >= 4 is 11.6 Å². The maximum Gasteiger partial charge on any atom is 0.293 e. The summed E-state index contributed by atoms with van der Waals surface area (Å²) in [7, 11) is 0. The van der Waals surface area contributed by atoms with Gasteiger partial charge in [-0.1, -0.05) is 11.6 Å². The average Bonchev–Trinajstić information content (AvgIpc) is 2.23. The Bertz CT molecular complexity index is 534. The van der Waals surface area contributed by atoms with Crippen molar-refractivity contribution in [2.24, 2.45) is 0 Å². The largest absolute Gasteiger partial charge is 0.502 e. The zero-order chi connectivity index (χ0) is 10.8. The lowest BCUT2D eigenvalue weighted by Gasteiger charge is -2.00. The Morgan fingerprint density at radius 1 is 1.27 bits per heavy atom. The normalized spacial score (nSPS) is 10.2. The molecule has 0 saturated carbocycles. The van der Waals surface area contributed by atoms with Crippen LogP contribution in [0.5, 0.6) is 5.75 Å². The molecule has 5 heteroatoms. The van der Waals surface area contributed by atoms with Crippen molar-refractivity contribution in [1.29, 1.82) is 0 Å². The van der Waals surface area contributed by atoms with Gasteiger partial charge >= 0.3 is 0 Å². The molecule has 0 aliphatic heterocycles. The second kappa shape index (κ2) is 3.74. The highest BCUT2D eigenvalue weighted by Crippen LogP contribution is 2.17. The lowest BCUT2D eigenvalue weighted by atomic mass is 10.2. The van der Waals surface area contributed by atoms with E-state index in [4.69, 9.17) is 16.7 Å². The fourth-order valence-corrected chi connectivity index (χ4v) is 1.27. The Labute approximate surface area is 90.2 Å². The van der Waals surface area contributed by atoms with E-state index in [-0.39, 0.29) is 0 Å². The first-order chi connectivity index (χ1) is 7.16. The number of H-pyrrole nitrogens is 1. The van der Waals surface area contributed by atoms with Crippen molar-refractivity contribution in [1.82, 2.24) is 9.97 Å². The molecule has 0 aliphatic carbocycles. The summed E-state index contributed by atoms with van der Waals surface area (Å²) < 4.78 is 0. The number of rotatable bonds is 1. The average molecular weight is 223 g/mol. The lowest BCUT2D eigenvalue weighted by molar-refractivity contribution is 0.463. The highest BCUT2D eigenvalue weighted by molar-refractivity contribution is 6.30. The summed E-state index contributed by atoms with van der Waals surface area (Å²) in [5, 5.41) is 9.62. The molecule has 0 amide bonds. The molecule has 0 bridgehead atoms. The molecule has 0 saturated heterocycles. The van der Waals surface area contributed by atoms with Gasteiger partial charge in [0.2, 0.25) is 0 Å². The fraction of sp³-hybridized carbons (Fsp3) is 0. The minimum absolute atomic E-state index is 0.396. The molecule has 2 aromatic rings. The van der Waals surface area contributed by atoms with Gasteiger partial charge in [0.05, 0.1) is 6.20 Å². The number of aromatic nitrogens is 2. The van der Waals surface area contributed by atoms with Gasteiger partial charge in [-0.3, -0.25) is 4.79 Å². The Morgan fingerprint density at radius 2 is 1.93 bits per heavy atom. The van der Waals surface area contributed by atoms with E-state index in [0.29, 0.717) is 10.8 Å². The summed E-state index contributed by atoms with van der Waals surface area (Å²) in [5.74, 6) is 0.00202. The Hall–Kier alpha value is -1.81. The number of nitrogens with zero attached hydrogens (tertiary/aromatic N) is 1. The van der Waals surface area contributed by atoms with E-state index in [1.165, 1.54) is 0 Å². The smallest absolute Gasteiger partial charge is 0.293 e. The van der Waals surface area contributed by atoms with Gasteiger partial charge < -0.3 is 10.1 Å². The molecule has 1 heterocycles. The fourth-order valence-electron chi connectivity index (χ4n) is 1.14. The molecular weight excluding hydrogens is 216 g/mol. The van der Waals surface area contributed by atoms with Crippen molar-refractivity contribution in [2.45, 2.75) is 0 Å². The Balaban J connectivity index is 2.50. The van der Waals surface area contributed by atoms with E-state index in [0.717, 1.165) is 11.8 Å². The molecule has 0 radical (unpaired) electrons. The summed E-state index contributed by atoms with van der Waals surface area (Å²) in [5.41, 5.74) is 0.173. The molecule has 1 aromatic heterocycles. The van der Waals surface area contributed by atoms with E-state index in [2.05, 4.69) is 9.97 Å². The quantitative estimate of drug-likeness (QED) is 0.773. The highest BCUT2D eigenvalue weighted by Gasteiger charge is 2.02. The van der Waals surface area contributed by atoms with Crippen LogP contribution in [0.2, 0.25) is 5.02 Å². The van der Waals surface area contributed by atoms with Crippen molar-refractivity contribution in [3.63, 3.8) is 0 Å². The van der Waals surface area contributed by atoms with Gasteiger partial charge in [0.1, 0.15) is 5.82 Å². The zero-order valence-corrected chi connectivity index (χ0v) is 8.32. The third-order valence-electron chi connectivity index (χ3n) is 1.90. The summed E-state index contributed by atoms with van der Waals surface area (Å²) >= 11 is 5.72. The number of nitrogens with one attached hydrogen (secondary N) is 1. The molecule has 2 rings (SSSR count). The standard InChI is InChI=1S/C10H7ClN2O2/c11-7-3-1-6(2-4-7)9-12-5-8(14)10(15)13-9/h1-5,14H,(H,12,13,15). The number of aromatic hydroxyl groups is 1. The van der Waals surface area contributed by atoms with Gasteiger partial charge in [0.15, 0.2) is 5.75 Å². The van der Waals surface area contributed by atoms with Crippen LogP contribution in [0, 0.1) is 0 Å². The summed E-state index contributed by atoms with van der Waals surface area (Å²) in [6, 6.07) is 6.86. The molecule has 1 aromatic carbocycles. The van der Waals surface area contributed by atoms with Crippen molar-refractivity contribution in [3.05, 3.63) is 45.8 Å². The van der Waals surface area contributed by atoms with Gasteiger partial charge in [0, 0.05) is 10.6 Å². The molecule has 76 valence electrons. The maximum absolute atomic E-state index is 11.1. The zero-order valence-electron chi connectivity index (χ0n) is 7.57. The molecule has 0 fully saturated rings. The van der Waals surface area contributed by atoms with E-state index in [1.807, 2.05) is 0 Å². The van der Waals surface area contributed by atoms with E-state index in [9.17, 15) is 4.79 Å². The van der Waals surface area contributed by atoms with E-state index < -0.39 is 11.3 Å². The van der Waals surface area contributed by atoms with Crippen LogP contribution in [-0.2, 0) is 0 Å². The Morgan fingerprint density at radius 3 is 2.53 bits per heavy atom. The van der Waals surface area contributed by atoms with Crippen LogP contribution < -0.4 is 5.56 Å². The molecular formula is C10H7ClN2O2. The molecule has 2 N–H and O–H groups in total. The predicted molar refractivity (Wildman–Crippen MR) is 57.0 cm³/mol. The first kappa shape index (κ1) is 9.73. The van der Waals surface area contributed by atoms with Crippen molar-refractivity contribution < 1.29 is 5.11 Å². The number of hydrogen-bond donors (Lipinski definition) is 2. The van der Waals surface area contributed by atoms with Gasteiger partial charge in [-0.15, -0.1) is 0 Å². The second-order valence-corrected chi connectivity index (χ2v) is 3.39. The summed E-state index contributed by atoms with van der Waals surface area (Å²) in [4.78, 5) is 17.5.